The summed E-state index contributed by atoms with van der Waals surface area (Å²) < 4.78 is 0. The molecule has 0 radical (unpaired) electrons. The Labute approximate surface area is 162 Å². The molecule has 0 fully saturated rings. The van der Waals surface area contributed by atoms with Crippen LogP contribution in [0.2, 0.25) is 0 Å². The van der Waals surface area contributed by atoms with Crippen LogP contribution in [0.3, 0.4) is 0 Å². The third-order valence-electron chi connectivity index (χ3n) is 5.12. The van der Waals surface area contributed by atoms with Gasteiger partial charge in [-0.1, -0.05) is 6.92 Å². The van der Waals surface area contributed by atoms with Crippen LogP contribution in [-0.4, -0.2) is 39.2 Å². The number of carbonyl (C=O) groups excluding carboxylic acids is 2. The molecule has 150 valence electrons. The molecule has 6 nitrogen and oxygen atoms in total. The molecule has 2 rings (SSSR count). The lowest BCUT2D eigenvalue weighted by atomic mass is 9.74. The summed E-state index contributed by atoms with van der Waals surface area (Å²) in [6.45, 7) is 14.3. The summed E-state index contributed by atoms with van der Waals surface area (Å²) in [4.78, 5) is 25.0. The van der Waals surface area contributed by atoms with Gasteiger partial charge in [-0.2, -0.15) is 0 Å². The highest BCUT2D eigenvalue weighted by atomic mass is 16.3. The van der Waals surface area contributed by atoms with Gasteiger partial charge in [-0.3, -0.25) is 9.59 Å². The molecular formula is C21H33N3O3. The minimum absolute atomic E-state index is 0.0424. The SMILES string of the molecule is CC(=O)NC(C)(C)CC1(C)CC2=C(C1=O)C(=CC(C)(C)O)C(=N)C(C)(C)N2. The van der Waals surface area contributed by atoms with Crippen molar-refractivity contribution in [3.05, 3.63) is 22.9 Å². The molecule has 2 aliphatic rings. The lowest BCUT2D eigenvalue weighted by molar-refractivity contribution is -0.126. The average molecular weight is 376 g/mol. The Morgan fingerprint density at radius 3 is 2.33 bits per heavy atom. The van der Waals surface area contributed by atoms with Gasteiger partial charge in [0.1, 0.15) is 0 Å². The predicted octanol–water partition coefficient (Wildman–Crippen LogP) is 2.62. The van der Waals surface area contributed by atoms with Gasteiger partial charge >= 0.3 is 0 Å². The van der Waals surface area contributed by atoms with E-state index in [4.69, 9.17) is 5.41 Å². The lowest BCUT2D eigenvalue weighted by Gasteiger charge is -2.36. The van der Waals surface area contributed by atoms with Gasteiger partial charge in [-0.05, 0) is 54.0 Å². The summed E-state index contributed by atoms with van der Waals surface area (Å²) in [5, 5.41) is 25.2. The van der Waals surface area contributed by atoms with Crippen molar-refractivity contribution >= 4 is 17.4 Å². The fraction of sp³-hybridized carbons (Fsp3) is 0.667. The summed E-state index contributed by atoms with van der Waals surface area (Å²) in [5.41, 5.74) is -0.873. The summed E-state index contributed by atoms with van der Waals surface area (Å²) in [5.74, 6) is -0.172. The normalized spacial score (nSPS) is 26.9. The summed E-state index contributed by atoms with van der Waals surface area (Å²) >= 11 is 0. The topological polar surface area (TPSA) is 102 Å². The van der Waals surface area contributed by atoms with Gasteiger partial charge in [0.2, 0.25) is 5.91 Å². The third-order valence-corrected chi connectivity index (χ3v) is 5.12. The fourth-order valence-electron chi connectivity index (χ4n) is 4.43. The highest BCUT2D eigenvalue weighted by Gasteiger charge is 2.51. The monoisotopic (exact) mass is 375 g/mol. The number of ketones is 1. The number of rotatable bonds is 4. The van der Waals surface area contributed by atoms with Gasteiger partial charge in [0.05, 0.1) is 16.9 Å². The first-order chi connectivity index (χ1) is 12.0. The van der Waals surface area contributed by atoms with E-state index in [1.807, 2.05) is 34.6 Å². The van der Waals surface area contributed by atoms with E-state index < -0.39 is 22.1 Å². The van der Waals surface area contributed by atoms with Crippen LogP contribution >= 0.6 is 0 Å². The smallest absolute Gasteiger partial charge is 0.217 e. The zero-order chi connectivity index (χ0) is 21.0. The van der Waals surface area contributed by atoms with Crippen LogP contribution in [0.15, 0.2) is 22.9 Å². The van der Waals surface area contributed by atoms with Crippen molar-refractivity contribution in [3.8, 4) is 0 Å². The van der Waals surface area contributed by atoms with Crippen LogP contribution in [0.1, 0.15) is 68.2 Å². The van der Waals surface area contributed by atoms with Gasteiger partial charge in [-0.25, -0.2) is 0 Å². The molecule has 0 saturated heterocycles. The van der Waals surface area contributed by atoms with Crippen LogP contribution in [0.25, 0.3) is 0 Å². The van der Waals surface area contributed by atoms with E-state index in [0.717, 1.165) is 5.70 Å². The van der Waals surface area contributed by atoms with E-state index in [0.29, 0.717) is 29.7 Å². The second kappa shape index (κ2) is 6.30. The maximum Gasteiger partial charge on any atom is 0.217 e. The molecule has 1 unspecified atom stereocenters. The zero-order valence-corrected chi connectivity index (χ0v) is 17.8. The number of nitrogens with one attached hydrogen (secondary N) is 3. The first kappa shape index (κ1) is 21.4. The Balaban J connectivity index is 2.48. The molecule has 1 amide bonds. The molecule has 0 aromatic heterocycles. The molecular weight excluding hydrogens is 342 g/mol. The molecule has 1 atom stereocenters. The molecule has 6 heteroatoms. The standard InChI is InChI=1S/C21H33N3O3/c1-12(25)23-18(2,3)11-21(8)10-14-15(17(21)26)13(9-19(4,5)27)16(22)20(6,7)24-14/h9,22,24,27H,10-11H2,1-8H3,(H,23,25). The number of Topliss-reactive ketones (excluding diaryl/α,β-unsaturated/α-hetero) is 1. The molecule has 1 heterocycles. The van der Waals surface area contributed by atoms with E-state index in [2.05, 4.69) is 10.6 Å². The molecule has 27 heavy (non-hydrogen) atoms. The Morgan fingerprint density at radius 1 is 1.30 bits per heavy atom. The van der Waals surface area contributed by atoms with Crippen LogP contribution < -0.4 is 10.6 Å². The molecule has 0 spiro atoms. The molecule has 0 saturated carbocycles. The second-order valence-corrected chi connectivity index (χ2v) is 10.00. The van der Waals surface area contributed by atoms with E-state index in [1.165, 1.54) is 6.92 Å². The van der Waals surface area contributed by atoms with Crippen LogP contribution in [-0.2, 0) is 9.59 Å². The van der Waals surface area contributed by atoms with Crippen molar-refractivity contribution in [2.75, 3.05) is 0 Å². The van der Waals surface area contributed by atoms with Crippen molar-refractivity contribution < 1.29 is 14.7 Å². The van der Waals surface area contributed by atoms with Crippen molar-refractivity contribution in [1.29, 1.82) is 5.41 Å². The van der Waals surface area contributed by atoms with E-state index in [1.54, 1.807) is 19.9 Å². The summed E-state index contributed by atoms with van der Waals surface area (Å²) in [7, 11) is 0. The maximum atomic E-state index is 13.4. The van der Waals surface area contributed by atoms with Gasteiger partial charge in [-0.15, -0.1) is 0 Å². The van der Waals surface area contributed by atoms with Crippen molar-refractivity contribution in [2.45, 2.75) is 84.9 Å². The van der Waals surface area contributed by atoms with E-state index in [9.17, 15) is 14.7 Å². The fourth-order valence-corrected chi connectivity index (χ4v) is 4.43. The largest absolute Gasteiger partial charge is 0.386 e. The van der Waals surface area contributed by atoms with Gasteiger partial charge < -0.3 is 21.1 Å². The Bertz CT molecular complexity index is 766. The number of hydrogen-bond donors (Lipinski definition) is 4. The van der Waals surface area contributed by atoms with Crippen molar-refractivity contribution in [2.24, 2.45) is 5.41 Å². The molecule has 0 bridgehead atoms. The highest BCUT2D eigenvalue weighted by molar-refractivity contribution is 6.21. The minimum Gasteiger partial charge on any atom is -0.386 e. The lowest BCUT2D eigenvalue weighted by Crippen LogP contribution is -2.50. The molecule has 0 aromatic rings. The number of hydrogen-bond acceptors (Lipinski definition) is 5. The Hall–Kier alpha value is -1.95. The molecule has 0 aromatic carbocycles. The molecule has 4 N–H and O–H groups in total. The quantitative estimate of drug-likeness (QED) is 0.606. The van der Waals surface area contributed by atoms with Gasteiger partial charge in [0.15, 0.2) is 5.78 Å². The second-order valence-electron chi connectivity index (χ2n) is 10.00. The van der Waals surface area contributed by atoms with Crippen molar-refractivity contribution in [1.82, 2.24) is 10.6 Å². The highest BCUT2D eigenvalue weighted by Crippen LogP contribution is 2.48. The number of allylic oxidation sites excluding steroid dienone is 2. The predicted molar refractivity (Wildman–Crippen MR) is 107 cm³/mol. The average Bonchev–Trinajstić information content (AvgIpc) is 2.61. The Morgan fingerprint density at radius 2 is 1.85 bits per heavy atom. The molecule has 1 aliphatic carbocycles. The van der Waals surface area contributed by atoms with Crippen LogP contribution in [0.5, 0.6) is 0 Å². The summed E-state index contributed by atoms with van der Waals surface area (Å²) in [6, 6.07) is 0. The van der Waals surface area contributed by atoms with Gasteiger partial charge in [0, 0.05) is 41.1 Å². The first-order valence-electron chi connectivity index (χ1n) is 9.37. The van der Waals surface area contributed by atoms with Crippen LogP contribution in [0.4, 0.5) is 0 Å². The van der Waals surface area contributed by atoms with Crippen molar-refractivity contribution in [3.63, 3.8) is 0 Å². The number of carbonyl (C=O) groups is 2. The number of aliphatic hydroxyl groups is 1. The van der Waals surface area contributed by atoms with Gasteiger partial charge in [0.25, 0.3) is 0 Å². The minimum atomic E-state index is -1.14. The zero-order valence-electron chi connectivity index (χ0n) is 17.8. The van der Waals surface area contributed by atoms with E-state index in [-0.39, 0.29) is 11.7 Å². The van der Waals surface area contributed by atoms with Crippen LogP contribution in [0, 0.1) is 10.8 Å². The maximum absolute atomic E-state index is 13.4. The van der Waals surface area contributed by atoms with E-state index >= 15 is 0 Å². The first-order valence-corrected chi connectivity index (χ1v) is 9.37. The molecule has 1 aliphatic heterocycles. The Kier molecular flexibility index (Phi) is 4.98. The summed E-state index contributed by atoms with van der Waals surface area (Å²) in [6.07, 6.45) is 2.61. The number of amides is 1. The third kappa shape index (κ3) is 4.32.